The molecule has 3 rings (SSSR count). The number of rotatable bonds is 5. The van der Waals surface area contributed by atoms with Gasteiger partial charge in [-0.2, -0.15) is 0 Å². The zero-order valence-electron chi connectivity index (χ0n) is 14.5. The van der Waals surface area contributed by atoms with Crippen LogP contribution in [0.15, 0.2) is 47.3 Å². The van der Waals surface area contributed by atoms with Gasteiger partial charge in [0.2, 0.25) is 0 Å². The molecule has 0 fully saturated rings. The standard InChI is InChI=1S/C19H19N3O3S/c1-11(2)25-10-12-4-3-5-14(8-12)20-17(23)13-6-7-15-16(9-13)21-19(26)22-18(15)24/h3-9,11H,10H2,1-2H3,(H,20,23)(H2,21,22,24,26). The average molecular weight is 369 g/mol. The van der Waals surface area contributed by atoms with Crippen LogP contribution >= 0.6 is 12.2 Å². The number of fused-ring (bicyclic) bond motifs is 1. The number of ether oxygens (including phenoxy) is 1. The number of nitrogens with one attached hydrogen (secondary N) is 3. The molecule has 1 heterocycles. The van der Waals surface area contributed by atoms with E-state index in [4.69, 9.17) is 17.0 Å². The van der Waals surface area contributed by atoms with Gasteiger partial charge in [-0.1, -0.05) is 12.1 Å². The maximum absolute atomic E-state index is 12.5. The second kappa shape index (κ2) is 7.63. The van der Waals surface area contributed by atoms with E-state index in [2.05, 4.69) is 15.3 Å². The predicted octanol–water partition coefficient (Wildman–Crippen LogP) is 3.76. The van der Waals surface area contributed by atoms with E-state index in [1.165, 1.54) is 0 Å². The van der Waals surface area contributed by atoms with Crippen molar-refractivity contribution in [2.24, 2.45) is 0 Å². The lowest BCUT2D eigenvalue weighted by atomic mass is 10.1. The molecule has 0 saturated carbocycles. The van der Waals surface area contributed by atoms with E-state index in [1.807, 2.05) is 38.1 Å². The van der Waals surface area contributed by atoms with E-state index in [9.17, 15) is 9.59 Å². The molecule has 1 aromatic heterocycles. The largest absolute Gasteiger partial charge is 0.374 e. The van der Waals surface area contributed by atoms with Crippen LogP contribution in [0.4, 0.5) is 5.69 Å². The van der Waals surface area contributed by atoms with Crippen LogP contribution in [-0.2, 0) is 11.3 Å². The molecule has 134 valence electrons. The molecule has 3 aromatic rings. The lowest BCUT2D eigenvalue weighted by Gasteiger charge is -2.10. The number of aromatic amines is 2. The number of benzene rings is 2. The second-order valence-electron chi connectivity index (χ2n) is 6.18. The summed E-state index contributed by atoms with van der Waals surface area (Å²) in [6, 6.07) is 12.3. The molecule has 6 nitrogen and oxygen atoms in total. The molecule has 3 N–H and O–H groups in total. The Morgan fingerprint density at radius 3 is 2.77 bits per heavy atom. The Morgan fingerprint density at radius 2 is 2.00 bits per heavy atom. The lowest BCUT2D eigenvalue weighted by Crippen LogP contribution is -2.13. The minimum atomic E-state index is -0.284. The molecule has 0 aliphatic rings. The zero-order valence-corrected chi connectivity index (χ0v) is 15.3. The highest BCUT2D eigenvalue weighted by Gasteiger charge is 2.09. The Morgan fingerprint density at radius 1 is 1.19 bits per heavy atom. The number of H-pyrrole nitrogens is 2. The van der Waals surface area contributed by atoms with Crippen LogP contribution in [0.25, 0.3) is 10.9 Å². The van der Waals surface area contributed by atoms with Crippen molar-refractivity contribution in [2.75, 3.05) is 5.32 Å². The number of carbonyl (C=O) groups is 1. The van der Waals surface area contributed by atoms with E-state index in [0.29, 0.717) is 28.8 Å². The van der Waals surface area contributed by atoms with Gasteiger partial charge in [0.15, 0.2) is 4.77 Å². The molecule has 0 saturated heterocycles. The summed E-state index contributed by atoms with van der Waals surface area (Å²) in [5, 5.41) is 3.31. The predicted molar refractivity (Wildman–Crippen MR) is 104 cm³/mol. The maximum Gasteiger partial charge on any atom is 0.259 e. The number of amides is 1. The maximum atomic E-state index is 12.5. The van der Waals surface area contributed by atoms with Gasteiger partial charge in [-0.3, -0.25) is 14.6 Å². The summed E-state index contributed by atoms with van der Waals surface area (Å²) >= 11 is 4.97. The average Bonchev–Trinajstić information content (AvgIpc) is 2.59. The third-order valence-electron chi connectivity index (χ3n) is 3.77. The van der Waals surface area contributed by atoms with Gasteiger partial charge >= 0.3 is 0 Å². The summed E-state index contributed by atoms with van der Waals surface area (Å²) in [6.07, 6.45) is 0.138. The van der Waals surface area contributed by atoms with Crippen molar-refractivity contribution in [3.63, 3.8) is 0 Å². The van der Waals surface area contributed by atoms with Crippen molar-refractivity contribution in [3.8, 4) is 0 Å². The van der Waals surface area contributed by atoms with Crippen molar-refractivity contribution in [2.45, 2.75) is 26.6 Å². The normalized spacial score (nSPS) is 11.0. The van der Waals surface area contributed by atoms with E-state index < -0.39 is 0 Å². The molecule has 0 spiro atoms. The SMILES string of the molecule is CC(C)OCc1cccc(NC(=O)c2ccc3c(=O)[nH]c(=S)[nH]c3c2)c1. The summed E-state index contributed by atoms with van der Waals surface area (Å²) in [7, 11) is 0. The number of carbonyl (C=O) groups excluding carboxylic acids is 1. The van der Waals surface area contributed by atoms with Crippen molar-refractivity contribution < 1.29 is 9.53 Å². The Hall–Kier alpha value is -2.77. The van der Waals surface area contributed by atoms with Gasteiger partial charge in [-0.05, 0) is 62.0 Å². The summed E-state index contributed by atoms with van der Waals surface area (Å²) < 4.78 is 5.80. The number of hydrogen-bond donors (Lipinski definition) is 3. The van der Waals surface area contributed by atoms with Crippen molar-refractivity contribution >= 4 is 34.7 Å². The molecule has 26 heavy (non-hydrogen) atoms. The van der Waals surface area contributed by atoms with Crippen LogP contribution in [0, 0.1) is 4.77 Å². The molecular formula is C19H19N3O3S. The molecule has 0 bridgehead atoms. The molecule has 7 heteroatoms. The fourth-order valence-electron chi connectivity index (χ4n) is 2.52. The van der Waals surface area contributed by atoms with Gasteiger partial charge in [-0.25, -0.2) is 0 Å². The quantitative estimate of drug-likeness (QED) is 0.598. The molecule has 0 atom stereocenters. The topological polar surface area (TPSA) is 87.0 Å². The molecule has 1 amide bonds. The van der Waals surface area contributed by atoms with Crippen molar-refractivity contribution in [1.29, 1.82) is 0 Å². The first-order valence-electron chi connectivity index (χ1n) is 8.20. The van der Waals surface area contributed by atoms with E-state index in [1.54, 1.807) is 18.2 Å². The van der Waals surface area contributed by atoms with Gasteiger partial charge < -0.3 is 15.0 Å². The van der Waals surface area contributed by atoms with Gasteiger partial charge in [-0.15, -0.1) is 0 Å². The van der Waals surface area contributed by atoms with E-state index in [-0.39, 0.29) is 22.3 Å². The van der Waals surface area contributed by atoms with E-state index >= 15 is 0 Å². The Kier molecular flexibility index (Phi) is 5.29. The fourth-order valence-corrected chi connectivity index (χ4v) is 2.72. The summed E-state index contributed by atoms with van der Waals surface area (Å²) in [5.41, 5.74) is 2.32. The molecule has 0 unspecified atom stereocenters. The number of anilines is 1. The van der Waals surface area contributed by atoms with Gasteiger partial charge in [0.05, 0.1) is 23.6 Å². The highest BCUT2D eigenvalue weighted by atomic mass is 32.1. The third-order valence-corrected chi connectivity index (χ3v) is 3.97. The number of hydrogen-bond acceptors (Lipinski definition) is 4. The first-order valence-corrected chi connectivity index (χ1v) is 8.61. The second-order valence-corrected chi connectivity index (χ2v) is 6.59. The summed E-state index contributed by atoms with van der Waals surface area (Å²) in [6.45, 7) is 4.43. The summed E-state index contributed by atoms with van der Waals surface area (Å²) in [4.78, 5) is 29.8. The molecule has 0 aliphatic heterocycles. The van der Waals surface area contributed by atoms with Crippen molar-refractivity contribution in [3.05, 3.63) is 68.7 Å². The van der Waals surface area contributed by atoms with Crippen LogP contribution in [0.2, 0.25) is 0 Å². The van der Waals surface area contributed by atoms with Gasteiger partial charge in [0.25, 0.3) is 11.5 Å². The first kappa shape index (κ1) is 18.0. The molecule has 0 aliphatic carbocycles. The smallest absolute Gasteiger partial charge is 0.259 e. The van der Waals surface area contributed by atoms with Crippen LogP contribution in [0.1, 0.15) is 29.8 Å². The lowest BCUT2D eigenvalue weighted by molar-refractivity contribution is 0.0657. The molecule has 0 radical (unpaired) electrons. The minimum absolute atomic E-state index is 0.138. The van der Waals surface area contributed by atoms with Gasteiger partial charge in [0.1, 0.15) is 0 Å². The minimum Gasteiger partial charge on any atom is -0.374 e. The van der Waals surface area contributed by atoms with Crippen molar-refractivity contribution in [1.82, 2.24) is 9.97 Å². The van der Waals surface area contributed by atoms with Crippen LogP contribution in [-0.4, -0.2) is 22.0 Å². The third kappa shape index (κ3) is 4.25. The monoisotopic (exact) mass is 369 g/mol. The zero-order chi connectivity index (χ0) is 18.7. The Bertz CT molecular complexity index is 1070. The molecular weight excluding hydrogens is 350 g/mol. The highest BCUT2D eigenvalue weighted by molar-refractivity contribution is 7.71. The fraction of sp³-hybridized carbons (Fsp3) is 0.211. The first-order chi connectivity index (χ1) is 12.4. The van der Waals surface area contributed by atoms with Crippen LogP contribution < -0.4 is 10.9 Å². The van der Waals surface area contributed by atoms with Crippen LogP contribution in [0.5, 0.6) is 0 Å². The number of aromatic nitrogens is 2. The Balaban J connectivity index is 1.82. The Labute approximate surface area is 155 Å². The molecule has 2 aromatic carbocycles. The van der Waals surface area contributed by atoms with E-state index in [0.717, 1.165) is 5.56 Å². The highest BCUT2D eigenvalue weighted by Crippen LogP contribution is 2.15. The summed E-state index contributed by atoms with van der Waals surface area (Å²) in [5.74, 6) is -0.270. The van der Waals surface area contributed by atoms with Gasteiger partial charge in [0, 0.05) is 11.3 Å². The van der Waals surface area contributed by atoms with Crippen LogP contribution in [0.3, 0.4) is 0 Å².